The normalized spacial score (nSPS) is 45.3. The van der Waals surface area contributed by atoms with Crippen molar-refractivity contribution < 1.29 is 19.2 Å². The fourth-order valence-corrected chi connectivity index (χ4v) is 5.11. The van der Waals surface area contributed by atoms with E-state index in [1.54, 1.807) is 0 Å². The van der Waals surface area contributed by atoms with E-state index >= 15 is 0 Å². The first-order valence-electron chi connectivity index (χ1n) is 7.65. The van der Waals surface area contributed by atoms with Gasteiger partial charge in [0.1, 0.15) is 6.04 Å². The maximum atomic E-state index is 12.9. The summed E-state index contributed by atoms with van der Waals surface area (Å²) in [5.74, 6) is -0.930. The Balaban J connectivity index is 1.69. The monoisotopic (exact) mass is 290 g/mol. The Morgan fingerprint density at radius 1 is 1.14 bits per heavy atom. The Morgan fingerprint density at radius 2 is 1.90 bits per heavy atom. The number of hydrogen-bond acceptors (Lipinski definition) is 4. The van der Waals surface area contributed by atoms with Gasteiger partial charge in [-0.15, -0.1) is 0 Å². The molecule has 2 aliphatic heterocycles. The van der Waals surface area contributed by atoms with Crippen molar-refractivity contribution in [3.8, 4) is 0 Å². The van der Waals surface area contributed by atoms with Gasteiger partial charge < -0.3 is 0 Å². The van der Waals surface area contributed by atoms with E-state index < -0.39 is 17.4 Å². The van der Waals surface area contributed by atoms with Gasteiger partial charge in [-0.25, -0.2) is 0 Å². The second-order valence-electron chi connectivity index (χ2n) is 7.01. The molecule has 21 heavy (non-hydrogen) atoms. The number of fused-ring (bicyclic) bond motifs is 5. The lowest BCUT2D eigenvalue weighted by molar-refractivity contribution is -0.153. The lowest BCUT2D eigenvalue weighted by atomic mass is 9.69. The Bertz CT molecular complexity index is 586. The molecule has 2 saturated heterocycles. The molecule has 0 spiro atoms. The first-order valence-corrected chi connectivity index (χ1v) is 7.65. The lowest BCUT2D eigenvalue weighted by Crippen LogP contribution is -2.55. The molecule has 4 aliphatic rings. The number of piperidine rings is 1. The molecule has 5 atom stereocenters. The molecule has 4 amide bonds. The summed E-state index contributed by atoms with van der Waals surface area (Å²) in [5.41, 5.74) is -0.623. The maximum Gasteiger partial charge on any atom is 0.249 e. The fourth-order valence-electron chi connectivity index (χ4n) is 5.11. The van der Waals surface area contributed by atoms with Gasteiger partial charge in [0.25, 0.3) is 0 Å². The van der Waals surface area contributed by atoms with E-state index in [4.69, 9.17) is 0 Å². The molecular weight excluding hydrogens is 272 g/mol. The Hall–Kier alpha value is -1.72. The van der Waals surface area contributed by atoms with E-state index in [9.17, 15) is 19.2 Å². The predicted molar refractivity (Wildman–Crippen MR) is 70.5 cm³/mol. The molecule has 4 rings (SSSR count). The highest BCUT2D eigenvalue weighted by Crippen LogP contribution is 2.63. The van der Waals surface area contributed by atoms with Crippen LogP contribution in [0.5, 0.6) is 0 Å². The zero-order chi connectivity index (χ0) is 14.9. The molecule has 0 aromatic heterocycles. The smallest absolute Gasteiger partial charge is 0.249 e. The van der Waals surface area contributed by atoms with E-state index in [-0.39, 0.29) is 48.3 Å². The SMILES string of the molecule is C[C@@]12C(=O)N([C@@H]3CCC(=O)NC3=O)C(=O)[C@H]1[C@H]1CC[C@H]2C1. The molecule has 0 radical (unpaired) electrons. The third-order valence-electron chi connectivity index (χ3n) is 6.14. The highest BCUT2D eigenvalue weighted by atomic mass is 16.2. The van der Waals surface area contributed by atoms with Crippen LogP contribution in [-0.2, 0) is 19.2 Å². The number of likely N-dealkylation sites (tertiary alicyclic amines) is 1. The Morgan fingerprint density at radius 3 is 2.57 bits per heavy atom. The summed E-state index contributed by atoms with van der Waals surface area (Å²) in [4.78, 5) is 50.1. The van der Waals surface area contributed by atoms with Crippen molar-refractivity contribution in [2.45, 2.75) is 45.1 Å². The minimum Gasteiger partial charge on any atom is -0.295 e. The summed E-state index contributed by atoms with van der Waals surface area (Å²) in [5, 5.41) is 2.24. The molecule has 0 aromatic rings. The highest BCUT2D eigenvalue weighted by molar-refractivity contribution is 6.12. The van der Waals surface area contributed by atoms with Gasteiger partial charge in [0.05, 0.1) is 11.3 Å². The molecule has 2 heterocycles. The number of nitrogens with one attached hydrogen (secondary N) is 1. The van der Waals surface area contributed by atoms with Crippen molar-refractivity contribution in [1.82, 2.24) is 10.2 Å². The predicted octanol–water partition coefficient (Wildman–Crippen LogP) is 0.213. The van der Waals surface area contributed by atoms with Crippen LogP contribution in [0.25, 0.3) is 0 Å². The van der Waals surface area contributed by atoms with Gasteiger partial charge in [-0.1, -0.05) is 0 Å². The third-order valence-corrected chi connectivity index (χ3v) is 6.14. The highest BCUT2D eigenvalue weighted by Gasteiger charge is 2.69. The van der Waals surface area contributed by atoms with Gasteiger partial charge in [0.15, 0.2) is 0 Å². The second kappa shape index (κ2) is 3.93. The number of nitrogens with zero attached hydrogens (tertiary/aromatic N) is 1. The number of rotatable bonds is 1. The van der Waals surface area contributed by atoms with Crippen LogP contribution in [0.3, 0.4) is 0 Å². The first kappa shape index (κ1) is 13.0. The first-order chi connectivity index (χ1) is 9.94. The minimum absolute atomic E-state index is 0.182. The molecule has 4 fully saturated rings. The van der Waals surface area contributed by atoms with Crippen LogP contribution >= 0.6 is 0 Å². The average Bonchev–Trinajstić information content (AvgIpc) is 3.05. The molecule has 6 heteroatoms. The van der Waals surface area contributed by atoms with Crippen LogP contribution in [-0.4, -0.2) is 34.6 Å². The van der Waals surface area contributed by atoms with Gasteiger partial charge in [0, 0.05) is 6.42 Å². The van der Waals surface area contributed by atoms with Gasteiger partial charge in [-0.3, -0.25) is 29.4 Å². The number of carbonyl (C=O) groups is 4. The lowest BCUT2D eigenvalue weighted by Gasteiger charge is -2.32. The van der Waals surface area contributed by atoms with Gasteiger partial charge in [-0.05, 0) is 44.4 Å². The van der Waals surface area contributed by atoms with Crippen LogP contribution in [0.2, 0.25) is 0 Å². The molecular formula is C15H18N2O4. The topological polar surface area (TPSA) is 83.6 Å². The van der Waals surface area contributed by atoms with Crippen LogP contribution in [0, 0.1) is 23.2 Å². The van der Waals surface area contributed by atoms with Crippen LogP contribution in [0.15, 0.2) is 0 Å². The van der Waals surface area contributed by atoms with Crippen molar-refractivity contribution in [3.05, 3.63) is 0 Å². The number of carbonyl (C=O) groups excluding carboxylic acids is 4. The summed E-state index contributed by atoms with van der Waals surface area (Å²) in [7, 11) is 0. The van der Waals surface area contributed by atoms with E-state index in [0.717, 1.165) is 19.3 Å². The van der Waals surface area contributed by atoms with Gasteiger partial charge in [-0.2, -0.15) is 0 Å². The minimum atomic E-state index is -0.801. The van der Waals surface area contributed by atoms with Crippen molar-refractivity contribution in [2.24, 2.45) is 23.2 Å². The van der Waals surface area contributed by atoms with Gasteiger partial charge >= 0.3 is 0 Å². The number of amides is 4. The molecule has 2 aliphatic carbocycles. The Kier molecular flexibility index (Phi) is 2.43. The zero-order valence-corrected chi connectivity index (χ0v) is 11.9. The van der Waals surface area contributed by atoms with Crippen LogP contribution in [0.4, 0.5) is 0 Å². The molecule has 1 N–H and O–H groups in total. The quantitative estimate of drug-likeness (QED) is 0.700. The summed E-state index contributed by atoms with van der Waals surface area (Å²) >= 11 is 0. The average molecular weight is 290 g/mol. The van der Waals surface area contributed by atoms with Crippen LogP contribution in [0.1, 0.15) is 39.0 Å². The molecule has 6 nitrogen and oxygen atoms in total. The van der Waals surface area contributed by atoms with E-state index in [2.05, 4.69) is 5.32 Å². The van der Waals surface area contributed by atoms with Crippen molar-refractivity contribution in [3.63, 3.8) is 0 Å². The summed E-state index contributed by atoms with van der Waals surface area (Å²) in [6.07, 6.45) is 3.40. The molecule has 0 unspecified atom stereocenters. The fraction of sp³-hybridized carbons (Fsp3) is 0.733. The van der Waals surface area contributed by atoms with Crippen molar-refractivity contribution in [1.29, 1.82) is 0 Å². The zero-order valence-electron chi connectivity index (χ0n) is 11.9. The molecule has 0 aromatic carbocycles. The molecule has 2 bridgehead atoms. The summed E-state index contributed by atoms with van der Waals surface area (Å²) in [6.45, 7) is 1.90. The molecule has 2 saturated carbocycles. The van der Waals surface area contributed by atoms with Crippen molar-refractivity contribution in [2.75, 3.05) is 0 Å². The Labute approximate surface area is 122 Å². The van der Waals surface area contributed by atoms with E-state index in [1.165, 1.54) is 4.90 Å². The maximum absolute atomic E-state index is 12.9. The standard InChI is InChI=1S/C15H18N2O4/c1-15-8-3-2-7(6-8)11(15)13(20)17(14(15)21)9-4-5-10(18)16-12(9)19/h7-9,11H,2-6H2,1H3,(H,16,18,19)/t7-,8-,9+,11+,15-/m0/s1. The molecule has 112 valence electrons. The van der Waals surface area contributed by atoms with E-state index in [1.807, 2.05) is 6.92 Å². The van der Waals surface area contributed by atoms with Gasteiger partial charge in [0.2, 0.25) is 23.6 Å². The second-order valence-corrected chi connectivity index (χ2v) is 7.01. The third kappa shape index (κ3) is 1.43. The largest absolute Gasteiger partial charge is 0.295 e. The van der Waals surface area contributed by atoms with Crippen LogP contribution < -0.4 is 5.32 Å². The summed E-state index contributed by atoms with van der Waals surface area (Å²) < 4.78 is 0. The summed E-state index contributed by atoms with van der Waals surface area (Å²) in [6, 6.07) is -0.801. The van der Waals surface area contributed by atoms with Crippen molar-refractivity contribution >= 4 is 23.6 Å². The van der Waals surface area contributed by atoms with E-state index in [0.29, 0.717) is 0 Å². The number of imide groups is 2. The number of hydrogen-bond donors (Lipinski definition) is 1.